The minimum absolute atomic E-state index is 0.526. The lowest BCUT2D eigenvalue weighted by molar-refractivity contribution is 0.415. The summed E-state index contributed by atoms with van der Waals surface area (Å²) in [5.74, 6) is 2.05. The highest BCUT2D eigenvalue weighted by Crippen LogP contribution is 2.26. The molecule has 0 aliphatic rings. The van der Waals surface area contributed by atoms with Gasteiger partial charge in [-0.2, -0.15) is 4.98 Å². The Hall–Kier alpha value is -2.60. The molecule has 0 bridgehead atoms. The van der Waals surface area contributed by atoms with E-state index >= 15 is 0 Å². The summed E-state index contributed by atoms with van der Waals surface area (Å²) in [5, 5.41) is 6.46. The number of rotatable bonds is 5. The number of methoxy groups -OCH3 is 1. The van der Waals surface area contributed by atoms with Gasteiger partial charge in [-0.3, -0.25) is 0 Å². The largest absolute Gasteiger partial charge is 0.497 e. The summed E-state index contributed by atoms with van der Waals surface area (Å²) in [7, 11) is 1.65. The third-order valence-corrected chi connectivity index (χ3v) is 4.05. The summed E-state index contributed by atoms with van der Waals surface area (Å²) in [6, 6.07) is 15.5. The van der Waals surface area contributed by atoms with Crippen LogP contribution in [0.2, 0.25) is 0 Å². The first-order chi connectivity index (χ1) is 11.6. The maximum atomic E-state index is 5.16. The van der Waals surface area contributed by atoms with E-state index in [1.165, 1.54) is 5.56 Å². The van der Waals surface area contributed by atoms with E-state index in [1.807, 2.05) is 55.5 Å². The van der Waals surface area contributed by atoms with E-state index < -0.39 is 0 Å². The number of hydrogen-bond donors (Lipinski definition) is 2. The number of ether oxygens (including phenoxy) is 1. The van der Waals surface area contributed by atoms with Gasteiger partial charge in [0.15, 0.2) is 0 Å². The van der Waals surface area contributed by atoms with Crippen molar-refractivity contribution in [2.24, 2.45) is 0 Å². The Bertz CT molecular complexity index is 837. The fourth-order valence-electron chi connectivity index (χ4n) is 2.15. The van der Waals surface area contributed by atoms with Gasteiger partial charge < -0.3 is 15.4 Å². The van der Waals surface area contributed by atoms with Crippen LogP contribution in [-0.4, -0.2) is 17.1 Å². The van der Waals surface area contributed by atoms with E-state index in [9.17, 15) is 0 Å². The van der Waals surface area contributed by atoms with Gasteiger partial charge in [0.2, 0.25) is 5.95 Å². The zero-order valence-electron chi connectivity index (χ0n) is 13.4. The van der Waals surface area contributed by atoms with Gasteiger partial charge in [-0.25, -0.2) is 4.98 Å². The maximum Gasteiger partial charge on any atom is 0.229 e. The summed E-state index contributed by atoms with van der Waals surface area (Å²) < 4.78 is 6.13. The predicted molar refractivity (Wildman–Crippen MR) is 100 cm³/mol. The number of hydrogen-bond acceptors (Lipinski definition) is 5. The molecule has 24 heavy (non-hydrogen) atoms. The molecule has 1 heterocycles. The van der Waals surface area contributed by atoms with Gasteiger partial charge >= 0.3 is 0 Å². The summed E-state index contributed by atoms with van der Waals surface area (Å²) in [6.45, 7) is 2.05. The average molecular weight is 385 g/mol. The van der Waals surface area contributed by atoms with Crippen LogP contribution in [0.3, 0.4) is 0 Å². The molecule has 6 heteroatoms. The van der Waals surface area contributed by atoms with Crippen molar-refractivity contribution in [3.8, 4) is 5.75 Å². The molecule has 2 aromatic carbocycles. The highest BCUT2D eigenvalue weighted by atomic mass is 79.9. The van der Waals surface area contributed by atoms with Crippen molar-refractivity contribution < 1.29 is 4.74 Å². The third-order valence-electron chi connectivity index (χ3n) is 3.39. The van der Waals surface area contributed by atoms with Crippen LogP contribution in [0.1, 0.15) is 5.56 Å². The van der Waals surface area contributed by atoms with Crippen molar-refractivity contribution >= 4 is 39.1 Å². The van der Waals surface area contributed by atoms with Crippen molar-refractivity contribution in [2.75, 3.05) is 17.7 Å². The second-order valence-electron chi connectivity index (χ2n) is 5.23. The van der Waals surface area contributed by atoms with Crippen LogP contribution in [-0.2, 0) is 0 Å². The zero-order valence-corrected chi connectivity index (χ0v) is 15.0. The smallest absolute Gasteiger partial charge is 0.229 e. The van der Waals surface area contributed by atoms with Gasteiger partial charge in [-0.1, -0.05) is 6.07 Å². The predicted octanol–water partition coefficient (Wildman–Crippen LogP) is 5.04. The van der Waals surface area contributed by atoms with Gasteiger partial charge in [0.05, 0.1) is 12.8 Å². The molecule has 0 saturated heterocycles. The fourth-order valence-corrected chi connectivity index (χ4v) is 2.75. The van der Waals surface area contributed by atoms with Gasteiger partial charge in [0.1, 0.15) is 11.6 Å². The molecule has 0 saturated carbocycles. The lowest BCUT2D eigenvalue weighted by Gasteiger charge is -2.10. The van der Waals surface area contributed by atoms with Crippen LogP contribution in [0.4, 0.5) is 23.1 Å². The minimum atomic E-state index is 0.526. The molecule has 0 spiro atoms. The molecular weight excluding hydrogens is 368 g/mol. The summed E-state index contributed by atoms with van der Waals surface area (Å²) >= 11 is 3.54. The normalized spacial score (nSPS) is 10.3. The first-order valence-corrected chi connectivity index (χ1v) is 8.20. The van der Waals surface area contributed by atoms with Crippen molar-refractivity contribution in [2.45, 2.75) is 6.92 Å². The van der Waals surface area contributed by atoms with Crippen LogP contribution in [0, 0.1) is 6.92 Å². The van der Waals surface area contributed by atoms with Gasteiger partial charge in [0.25, 0.3) is 0 Å². The number of anilines is 4. The quantitative estimate of drug-likeness (QED) is 0.644. The van der Waals surface area contributed by atoms with Gasteiger partial charge in [-0.05, 0) is 70.9 Å². The molecule has 0 aliphatic carbocycles. The Kier molecular flexibility index (Phi) is 4.96. The number of halogens is 1. The molecule has 122 valence electrons. The molecule has 3 rings (SSSR count). The third kappa shape index (κ3) is 4.02. The Morgan fingerprint density at radius 1 is 1.00 bits per heavy atom. The summed E-state index contributed by atoms with van der Waals surface area (Å²) in [5.41, 5.74) is 3.03. The highest BCUT2D eigenvalue weighted by molar-refractivity contribution is 9.10. The lowest BCUT2D eigenvalue weighted by atomic mass is 10.2. The molecule has 0 fully saturated rings. The van der Waals surface area contributed by atoms with Crippen LogP contribution < -0.4 is 15.4 Å². The topological polar surface area (TPSA) is 59.1 Å². The van der Waals surface area contributed by atoms with E-state index in [-0.39, 0.29) is 0 Å². The first-order valence-electron chi connectivity index (χ1n) is 7.41. The van der Waals surface area contributed by atoms with Crippen molar-refractivity contribution in [1.82, 2.24) is 9.97 Å². The second kappa shape index (κ2) is 7.31. The lowest BCUT2D eigenvalue weighted by Crippen LogP contribution is -2.01. The molecular formula is C18H17BrN4O. The Labute approximate surface area is 149 Å². The van der Waals surface area contributed by atoms with E-state index in [2.05, 4.69) is 36.5 Å². The van der Waals surface area contributed by atoms with Crippen molar-refractivity contribution in [3.63, 3.8) is 0 Å². The number of aromatic nitrogens is 2. The van der Waals surface area contributed by atoms with Crippen molar-refractivity contribution in [3.05, 3.63) is 64.8 Å². The molecule has 2 N–H and O–H groups in total. The number of nitrogens with one attached hydrogen (secondary N) is 2. The number of nitrogens with zero attached hydrogens (tertiary/aromatic N) is 2. The Morgan fingerprint density at radius 2 is 1.79 bits per heavy atom. The van der Waals surface area contributed by atoms with Crippen LogP contribution in [0.15, 0.2) is 59.2 Å². The van der Waals surface area contributed by atoms with Crippen LogP contribution in [0.5, 0.6) is 5.75 Å². The van der Waals surface area contributed by atoms with Gasteiger partial charge in [0, 0.05) is 16.4 Å². The molecule has 0 amide bonds. The molecule has 0 unspecified atom stereocenters. The molecule has 3 aromatic rings. The van der Waals surface area contributed by atoms with E-state index in [0.717, 1.165) is 21.6 Å². The van der Waals surface area contributed by atoms with Crippen LogP contribution >= 0.6 is 15.9 Å². The zero-order chi connectivity index (χ0) is 16.9. The highest BCUT2D eigenvalue weighted by Gasteiger charge is 2.04. The SMILES string of the molecule is COc1ccc(Nc2ccnc(Nc3ccc(C)cc3Br)n2)cc1. The second-order valence-corrected chi connectivity index (χ2v) is 6.08. The standard InChI is InChI=1S/C18H17BrN4O/c1-12-3-8-16(15(19)11-12)22-18-20-10-9-17(23-18)21-13-4-6-14(24-2)7-5-13/h3-11H,1-2H3,(H2,20,21,22,23). The van der Waals surface area contributed by atoms with E-state index in [4.69, 9.17) is 4.74 Å². The molecule has 0 aliphatic heterocycles. The Morgan fingerprint density at radius 3 is 2.50 bits per heavy atom. The maximum absolute atomic E-state index is 5.16. The number of benzene rings is 2. The molecule has 5 nitrogen and oxygen atoms in total. The van der Waals surface area contributed by atoms with Gasteiger partial charge in [-0.15, -0.1) is 0 Å². The van der Waals surface area contributed by atoms with E-state index in [1.54, 1.807) is 13.3 Å². The molecule has 1 aromatic heterocycles. The number of aryl methyl sites for hydroxylation is 1. The molecule has 0 radical (unpaired) electrons. The first kappa shape index (κ1) is 16.3. The minimum Gasteiger partial charge on any atom is -0.497 e. The molecule has 0 atom stereocenters. The monoisotopic (exact) mass is 384 g/mol. The average Bonchev–Trinajstić information content (AvgIpc) is 2.58. The van der Waals surface area contributed by atoms with E-state index in [0.29, 0.717) is 11.8 Å². The van der Waals surface area contributed by atoms with Crippen molar-refractivity contribution in [1.29, 1.82) is 0 Å². The summed E-state index contributed by atoms with van der Waals surface area (Å²) in [4.78, 5) is 8.75. The fraction of sp³-hybridized carbons (Fsp3) is 0.111. The Balaban J connectivity index is 1.75. The summed E-state index contributed by atoms with van der Waals surface area (Å²) in [6.07, 6.45) is 1.71. The van der Waals surface area contributed by atoms with Crippen LogP contribution in [0.25, 0.3) is 0 Å².